The highest BCUT2D eigenvalue weighted by Crippen LogP contribution is 2.37. The van der Waals surface area contributed by atoms with E-state index in [1.54, 1.807) is 0 Å². The third-order valence-corrected chi connectivity index (χ3v) is 2.25. The molecule has 0 aromatic heterocycles. The van der Waals surface area contributed by atoms with Crippen LogP contribution in [0.1, 0.15) is 27.2 Å². The van der Waals surface area contributed by atoms with E-state index >= 15 is 0 Å². The summed E-state index contributed by atoms with van der Waals surface area (Å²) in [4.78, 5) is 20.9. The number of carbonyl (C=O) groups is 2. The van der Waals surface area contributed by atoms with Crippen LogP contribution < -0.4 is 5.32 Å². The molecule has 15 heavy (non-hydrogen) atoms. The number of nitrogens with one attached hydrogen (secondary N) is 1. The van der Waals surface area contributed by atoms with Crippen LogP contribution in [-0.4, -0.2) is 12.2 Å². The Bertz CT molecular complexity index is 361. The molecule has 0 bridgehead atoms. The molecule has 1 aliphatic carbocycles. The Hall–Kier alpha value is -1.45. The first kappa shape index (κ1) is 11.6. The lowest BCUT2D eigenvalue weighted by atomic mass is 9.85. The van der Waals surface area contributed by atoms with E-state index in [-0.39, 0.29) is 17.5 Å². The van der Waals surface area contributed by atoms with Crippen LogP contribution in [0.4, 0.5) is 4.39 Å². The number of amides is 1. The molecule has 0 spiro atoms. The van der Waals surface area contributed by atoms with Crippen LogP contribution in [0, 0.1) is 5.41 Å². The Morgan fingerprint density at radius 3 is 2.53 bits per heavy atom. The zero-order chi connectivity index (χ0) is 11.6. The van der Waals surface area contributed by atoms with Crippen LogP contribution in [0.2, 0.25) is 0 Å². The van der Waals surface area contributed by atoms with Crippen molar-refractivity contribution in [2.45, 2.75) is 27.2 Å². The predicted octanol–water partition coefficient (Wildman–Crippen LogP) is 1.86. The number of hydrogen-bond donors (Lipinski definition) is 1. The molecule has 0 atom stereocenters. The van der Waals surface area contributed by atoms with Crippen LogP contribution in [0.15, 0.2) is 23.2 Å². The molecule has 82 valence electrons. The molecule has 0 radical (unpaired) electrons. The monoisotopic (exact) mass is 211 g/mol. The molecule has 1 amide bonds. The summed E-state index contributed by atoms with van der Waals surface area (Å²) in [7, 11) is 0. The van der Waals surface area contributed by atoms with Gasteiger partial charge in [0.25, 0.3) is 5.91 Å². The minimum absolute atomic E-state index is 0.174. The second-order valence-corrected chi connectivity index (χ2v) is 4.53. The van der Waals surface area contributed by atoms with Crippen molar-refractivity contribution in [1.82, 2.24) is 5.32 Å². The number of aldehydes is 1. The predicted molar refractivity (Wildman–Crippen MR) is 54.5 cm³/mol. The van der Waals surface area contributed by atoms with Crippen molar-refractivity contribution in [1.29, 1.82) is 0 Å². The molecule has 1 N–H and O–H groups in total. The second-order valence-electron chi connectivity index (χ2n) is 4.53. The van der Waals surface area contributed by atoms with Gasteiger partial charge in [0.1, 0.15) is 5.83 Å². The standard InChI is InChI=1S/C11H14FNO2/c1-11(2,3)8-4-7(5-9(8)12)13-10(15)6-14/h5-6H,4H2,1-3H3,(H,13,15). The number of halogens is 1. The van der Waals surface area contributed by atoms with Gasteiger partial charge in [-0.05, 0) is 17.1 Å². The Morgan fingerprint density at radius 2 is 2.13 bits per heavy atom. The van der Waals surface area contributed by atoms with Crippen molar-refractivity contribution in [2.75, 3.05) is 0 Å². The van der Waals surface area contributed by atoms with Gasteiger partial charge in [0.05, 0.1) is 0 Å². The zero-order valence-electron chi connectivity index (χ0n) is 9.06. The molecule has 0 unspecified atom stereocenters. The summed E-state index contributed by atoms with van der Waals surface area (Å²) in [6.45, 7) is 5.71. The van der Waals surface area contributed by atoms with Gasteiger partial charge >= 0.3 is 0 Å². The van der Waals surface area contributed by atoms with Crippen LogP contribution in [0.3, 0.4) is 0 Å². The van der Waals surface area contributed by atoms with Crippen LogP contribution in [0.25, 0.3) is 0 Å². The molecule has 0 aromatic rings. The van der Waals surface area contributed by atoms with E-state index in [0.29, 0.717) is 17.7 Å². The van der Waals surface area contributed by atoms with E-state index in [4.69, 9.17) is 0 Å². The van der Waals surface area contributed by atoms with Crippen molar-refractivity contribution >= 4 is 12.2 Å². The van der Waals surface area contributed by atoms with Gasteiger partial charge in [0.2, 0.25) is 6.29 Å². The van der Waals surface area contributed by atoms with Crippen LogP contribution in [0.5, 0.6) is 0 Å². The maximum atomic E-state index is 13.5. The highest BCUT2D eigenvalue weighted by Gasteiger charge is 2.26. The van der Waals surface area contributed by atoms with E-state index in [2.05, 4.69) is 5.32 Å². The molecule has 1 aliphatic rings. The third kappa shape index (κ3) is 2.75. The molecule has 0 aromatic carbocycles. The second kappa shape index (κ2) is 3.96. The number of carbonyl (C=O) groups excluding carboxylic acids is 2. The van der Waals surface area contributed by atoms with Crippen molar-refractivity contribution in [3.05, 3.63) is 23.2 Å². The average molecular weight is 211 g/mol. The molecule has 0 heterocycles. The smallest absolute Gasteiger partial charge is 0.288 e. The largest absolute Gasteiger partial charge is 0.323 e. The summed E-state index contributed by atoms with van der Waals surface area (Å²) in [5.41, 5.74) is 0.812. The highest BCUT2D eigenvalue weighted by molar-refractivity contribution is 6.24. The molecule has 1 rings (SSSR count). The summed E-state index contributed by atoms with van der Waals surface area (Å²) >= 11 is 0. The average Bonchev–Trinajstić information content (AvgIpc) is 2.45. The van der Waals surface area contributed by atoms with Gasteiger partial charge in [-0.2, -0.15) is 0 Å². The lowest BCUT2D eigenvalue weighted by Crippen LogP contribution is -2.23. The summed E-state index contributed by atoms with van der Waals surface area (Å²) < 4.78 is 13.5. The van der Waals surface area contributed by atoms with Gasteiger partial charge in [-0.15, -0.1) is 0 Å². The molecule has 0 aliphatic heterocycles. The molecular weight excluding hydrogens is 197 g/mol. The molecule has 0 saturated carbocycles. The van der Waals surface area contributed by atoms with Crippen LogP contribution >= 0.6 is 0 Å². The topological polar surface area (TPSA) is 46.2 Å². The Balaban J connectivity index is 2.72. The quantitative estimate of drug-likeness (QED) is 0.559. The summed E-state index contributed by atoms with van der Waals surface area (Å²) in [6.07, 6.45) is 1.80. The van der Waals surface area contributed by atoms with Gasteiger partial charge in [0, 0.05) is 12.1 Å². The fraction of sp³-hybridized carbons (Fsp3) is 0.455. The highest BCUT2D eigenvalue weighted by atomic mass is 19.1. The van der Waals surface area contributed by atoms with E-state index in [9.17, 15) is 14.0 Å². The zero-order valence-corrected chi connectivity index (χ0v) is 9.06. The van der Waals surface area contributed by atoms with Gasteiger partial charge in [-0.3, -0.25) is 9.59 Å². The Kier molecular flexibility index (Phi) is 3.07. The van der Waals surface area contributed by atoms with E-state index in [1.807, 2.05) is 20.8 Å². The van der Waals surface area contributed by atoms with Crippen molar-refractivity contribution in [2.24, 2.45) is 5.41 Å². The van der Waals surface area contributed by atoms with Crippen LogP contribution in [-0.2, 0) is 9.59 Å². The van der Waals surface area contributed by atoms with Gasteiger partial charge in [-0.1, -0.05) is 20.8 Å². The minimum atomic E-state index is -0.746. The van der Waals surface area contributed by atoms with Crippen molar-refractivity contribution in [3.8, 4) is 0 Å². The normalized spacial score (nSPS) is 16.4. The Labute approximate surface area is 88.0 Å². The fourth-order valence-electron chi connectivity index (χ4n) is 1.46. The first-order valence-electron chi connectivity index (χ1n) is 4.70. The SMILES string of the molecule is CC(C)(C)C1=C(F)C=C(NC(=O)C=O)C1. The van der Waals surface area contributed by atoms with E-state index in [0.717, 1.165) is 0 Å². The van der Waals surface area contributed by atoms with Gasteiger partial charge < -0.3 is 5.32 Å². The van der Waals surface area contributed by atoms with Crippen molar-refractivity contribution < 1.29 is 14.0 Å². The number of hydrogen-bond acceptors (Lipinski definition) is 2. The third-order valence-electron chi connectivity index (χ3n) is 2.25. The molecule has 0 saturated heterocycles. The lowest BCUT2D eigenvalue weighted by Gasteiger charge is -2.20. The first-order valence-corrected chi connectivity index (χ1v) is 4.70. The summed E-state index contributed by atoms with van der Waals surface area (Å²) in [5.74, 6) is -1.06. The number of allylic oxidation sites excluding steroid dienone is 3. The first-order chi connectivity index (χ1) is 6.84. The van der Waals surface area contributed by atoms with Gasteiger partial charge in [0.15, 0.2) is 0 Å². The molecule has 0 fully saturated rings. The number of rotatable bonds is 2. The van der Waals surface area contributed by atoms with E-state index < -0.39 is 5.91 Å². The summed E-state index contributed by atoms with van der Waals surface area (Å²) in [5, 5.41) is 2.33. The molecule has 4 heteroatoms. The Morgan fingerprint density at radius 1 is 1.53 bits per heavy atom. The van der Waals surface area contributed by atoms with Crippen molar-refractivity contribution in [3.63, 3.8) is 0 Å². The molecule has 3 nitrogen and oxygen atoms in total. The summed E-state index contributed by atoms with van der Waals surface area (Å²) in [6, 6.07) is 0. The fourth-order valence-corrected chi connectivity index (χ4v) is 1.46. The minimum Gasteiger partial charge on any atom is -0.323 e. The van der Waals surface area contributed by atoms with E-state index in [1.165, 1.54) is 6.08 Å². The van der Waals surface area contributed by atoms with Gasteiger partial charge in [-0.25, -0.2) is 4.39 Å². The molecular formula is C11H14FNO2. The maximum absolute atomic E-state index is 13.5. The lowest BCUT2D eigenvalue weighted by molar-refractivity contribution is -0.130. The maximum Gasteiger partial charge on any atom is 0.288 e.